The second-order valence-corrected chi connectivity index (χ2v) is 4.23. The van der Waals surface area contributed by atoms with Crippen molar-refractivity contribution < 1.29 is 19.0 Å². The summed E-state index contributed by atoms with van der Waals surface area (Å²) in [4.78, 5) is 15.9. The van der Waals surface area contributed by atoms with E-state index >= 15 is 0 Å². The van der Waals surface area contributed by atoms with Crippen LogP contribution in [0.3, 0.4) is 0 Å². The monoisotopic (exact) mass is 266 g/mol. The second-order valence-electron chi connectivity index (χ2n) is 4.23. The smallest absolute Gasteiger partial charge is 0.251 e. The highest BCUT2D eigenvalue weighted by atomic mass is 16.5. The first kappa shape index (κ1) is 13.8. The van der Waals surface area contributed by atoms with Crippen molar-refractivity contribution in [2.75, 3.05) is 33.5 Å². The van der Waals surface area contributed by atoms with Gasteiger partial charge < -0.3 is 19.5 Å². The number of nitrogens with zero attached hydrogens (tertiary/aromatic N) is 1. The van der Waals surface area contributed by atoms with Crippen molar-refractivity contribution >= 4 is 5.91 Å². The quantitative estimate of drug-likeness (QED) is 0.765. The van der Waals surface area contributed by atoms with Gasteiger partial charge in [-0.15, -0.1) is 0 Å². The van der Waals surface area contributed by atoms with Gasteiger partial charge >= 0.3 is 0 Å². The number of methoxy groups -OCH3 is 1. The van der Waals surface area contributed by atoms with Gasteiger partial charge in [0.25, 0.3) is 5.91 Å². The number of hydrogen-bond donors (Lipinski definition) is 1. The summed E-state index contributed by atoms with van der Waals surface area (Å²) >= 11 is 0. The number of aromatic nitrogens is 1. The van der Waals surface area contributed by atoms with Gasteiger partial charge in [-0.3, -0.25) is 4.79 Å². The fourth-order valence-electron chi connectivity index (χ4n) is 1.76. The molecule has 1 aliphatic rings. The van der Waals surface area contributed by atoms with Crippen LogP contribution in [0.1, 0.15) is 16.8 Å². The minimum atomic E-state index is -0.160. The number of carbonyl (C=O) groups excluding carboxylic acids is 1. The van der Waals surface area contributed by atoms with Crippen molar-refractivity contribution in [1.82, 2.24) is 10.3 Å². The Morgan fingerprint density at radius 1 is 1.63 bits per heavy atom. The molecular weight excluding hydrogens is 248 g/mol. The van der Waals surface area contributed by atoms with E-state index in [1.165, 1.54) is 0 Å². The molecule has 0 spiro atoms. The molecule has 0 aliphatic carbocycles. The third kappa shape index (κ3) is 4.18. The molecule has 1 amide bonds. The molecule has 1 atom stereocenters. The summed E-state index contributed by atoms with van der Waals surface area (Å²) in [6, 6.07) is 3.29. The first-order chi connectivity index (χ1) is 9.29. The molecule has 19 heavy (non-hydrogen) atoms. The number of nitrogens with one attached hydrogen (secondary N) is 1. The predicted octanol–water partition coefficient (Wildman–Crippen LogP) is 0.625. The predicted molar refractivity (Wildman–Crippen MR) is 68.3 cm³/mol. The van der Waals surface area contributed by atoms with Crippen LogP contribution < -0.4 is 10.1 Å². The van der Waals surface area contributed by atoms with Crippen molar-refractivity contribution in [2.45, 2.75) is 12.5 Å². The van der Waals surface area contributed by atoms with E-state index < -0.39 is 0 Å². The lowest BCUT2D eigenvalue weighted by Gasteiger charge is -2.11. The van der Waals surface area contributed by atoms with Crippen LogP contribution in [0.2, 0.25) is 0 Å². The van der Waals surface area contributed by atoms with Gasteiger partial charge in [0.05, 0.1) is 19.8 Å². The molecule has 2 heterocycles. The zero-order valence-corrected chi connectivity index (χ0v) is 10.9. The summed E-state index contributed by atoms with van der Waals surface area (Å²) in [6.07, 6.45) is 2.45. The van der Waals surface area contributed by atoms with E-state index in [1.807, 2.05) is 0 Å². The van der Waals surface area contributed by atoms with Crippen LogP contribution in [-0.2, 0) is 9.47 Å². The Bertz CT molecular complexity index is 419. The maximum Gasteiger partial charge on any atom is 0.251 e. The topological polar surface area (TPSA) is 69.7 Å². The first-order valence-corrected chi connectivity index (χ1v) is 6.27. The van der Waals surface area contributed by atoms with Crippen molar-refractivity contribution in [3.8, 4) is 5.88 Å². The van der Waals surface area contributed by atoms with E-state index in [4.69, 9.17) is 14.2 Å². The van der Waals surface area contributed by atoms with Crippen LogP contribution in [0.25, 0.3) is 0 Å². The highest BCUT2D eigenvalue weighted by Crippen LogP contribution is 2.15. The van der Waals surface area contributed by atoms with Crippen molar-refractivity contribution in [3.05, 3.63) is 23.9 Å². The Labute approximate surface area is 112 Å². The summed E-state index contributed by atoms with van der Waals surface area (Å²) in [7, 11) is 1.59. The van der Waals surface area contributed by atoms with Gasteiger partial charge in [-0.1, -0.05) is 0 Å². The van der Waals surface area contributed by atoms with Gasteiger partial charge in [0.1, 0.15) is 6.10 Å². The zero-order chi connectivity index (χ0) is 13.5. The van der Waals surface area contributed by atoms with Crippen LogP contribution in [-0.4, -0.2) is 50.5 Å². The average molecular weight is 266 g/mol. The Kier molecular flexibility index (Phi) is 5.11. The lowest BCUT2D eigenvalue weighted by Crippen LogP contribution is -2.27. The minimum Gasteiger partial charge on any atom is -0.472 e. The van der Waals surface area contributed by atoms with Crippen LogP contribution in [0, 0.1) is 0 Å². The Balaban J connectivity index is 1.91. The molecule has 1 aliphatic heterocycles. The summed E-state index contributed by atoms with van der Waals surface area (Å²) in [5.74, 6) is 0.293. The molecule has 1 saturated heterocycles. The molecule has 6 nitrogen and oxygen atoms in total. The number of ether oxygens (including phenoxy) is 3. The molecule has 0 bridgehead atoms. The van der Waals surface area contributed by atoms with Crippen LogP contribution in [0.5, 0.6) is 5.88 Å². The maximum atomic E-state index is 11.8. The summed E-state index contributed by atoms with van der Waals surface area (Å²) < 4.78 is 15.8. The molecule has 0 radical (unpaired) electrons. The van der Waals surface area contributed by atoms with E-state index in [1.54, 1.807) is 25.4 Å². The van der Waals surface area contributed by atoms with Crippen molar-refractivity contribution in [3.63, 3.8) is 0 Å². The number of hydrogen-bond acceptors (Lipinski definition) is 5. The van der Waals surface area contributed by atoms with Gasteiger partial charge in [-0.05, 0) is 6.07 Å². The molecular formula is C13H18N2O4. The average Bonchev–Trinajstić information content (AvgIpc) is 2.92. The Morgan fingerprint density at radius 2 is 2.53 bits per heavy atom. The molecule has 1 unspecified atom stereocenters. The van der Waals surface area contributed by atoms with Crippen LogP contribution in [0.4, 0.5) is 0 Å². The lowest BCUT2D eigenvalue weighted by atomic mass is 10.2. The van der Waals surface area contributed by atoms with Gasteiger partial charge in [0.2, 0.25) is 5.88 Å². The molecule has 1 N–H and O–H groups in total. The van der Waals surface area contributed by atoms with E-state index in [9.17, 15) is 4.79 Å². The van der Waals surface area contributed by atoms with E-state index in [2.05, 4.69) is 10.3 Å². The molecule has 2 rings (SSSR count). The molecule has 6 heteroatoms. The lowest BCUT2D eigenvalue weighted by molar-refractivity contribution is 0.0935. The SMILES string of the molecule is COCCNC(=O)c1ccnc(OC2CCOC2)c1. The van der Waals surface area contributed by atoms with Gasteiger partial charge in [-0.25, -0.2) is 4.98 Å². The Morgan fingerprint density at radius 3 is 3.26 bits per heavy atom. The third-order valence-corrected chi connectivity index (χ3v) is 2.76. The molecule has 1 aromatic heterocycles. The number of amides is 1. The molecule has 1 fully saturated rings. The maximum absolute atomic E-state index is 11.8. The van der Waals surface area contributed by atoms with E-state index in [0.717, 1.165) is 6.42 Å². The summed E-state index contributed by atoms with van der Waals surface area (Å²) in [5, 5.41) is 2.75. The molecule has 104 valence electrons. The number of carbonyl (C=O) groups is 1. The highest BCUT2D eigenvalue weighted by Gasteiger charge is 2.18. The molecule has 1 aromatic rings. The van der Waals surface area contributed by atoms with E-state index in [-0.39, 0.29) is 12.0 Å². The molecule has 0 saturated carbocycles. The number of pyridine rings is 1. The highest BCUT2D eigenvalue weighted by molar-refractivity contribution is 5.94. The fourth-order valence-corrected chi connectivity index (χ4v) is 1.76. The summed E-state index contributed by atoms with van der Waals surface area (Å²) in [5.41, 5.74) is 0.528. The Hall–Kier alpha value is -1.66. The third-order valence-electron chi connectivity index (χ3n) is 2.76. The normalized spacial score (nSPS) is 18.3. The van der Waals surface area contributed by atoms with Crippen LogP contribution in [0.15, 0.2) is 18.3 Å². The van der Waals surface area contributed by atoms with Crippen molar-refractivity contribution in [1.29, 1.82) is 0 Å². The standard InChI is InChI=1S/C13H18N2O4/c1-17-7-5-15-13(16)10-2-4-14-12(8-10)19-11-3-6-18-9-11/h2,4,8,11H,3,5-7,9H2,1H3,(H,15,16). The largest absolute Gasteiger partial charge is 0.472 e. The van der Waals surface area contributed by atoms with Gasteiger partial charge in [-0.2, -0.15) is 0 Å². The summed E-state index contributed by atoms with van der Waals surface area (Å²) in [6.45, 7) is 2.25. The second kappa shape index (κ2) is 7.06. The van der Waals surface area contributed by atoms with Gasteiger partial charge in [0.15, 0.2) is 0 Å². The van der Waals surface area contributed by atoms with E-state index in [0.29, 0.717) is 37.8 Å². The van der Waals surface area contributed by atoms with Gasteiger partial charge in [0, 0.05) is 37.9 Å². The molecule has 0 aromatic carbocycles. The number of rotatable bonds is 6. The zero-order valence-electron chi connectivity index (χ0n) is 10.9. The van der Waals surface area contributed by atoms with Crippen LogP contribution >= 0.6 is 0 Å². The minimum absolute atomic E-state index is 0.0271. The first-order valence-electron chi connectivity index (χ1n) is 6.27. The van der Waals surface area contributed by atoms with Crippen molar-refractivity contribution in [2.24, 2.45) is 0 Å². The fraction of sp³-hybridized carbons (Fsp3) is 0.538.